The fraction of sp³-hybridized carbons (Fsp3) is 0.478. The van der Waals surface area contributed by atoms with Gasteiger partial charge in [0.25, 0.3) is 0 Å². The number of hydrogen-bond donors (Lipinski definition) is 2. The maximum atomic E-state index is 13.0. The van der Waals surface area contributed by atoms with Crippen LogP contribution in [0.3, 0.4) is 0 Å². The molecule has 2 saturated heterocycles. The average Bonchev–Trinajstić information content (AvgIpc) is 3.16. The SMILES string of the molecule is C[C@@H](C(=O)N1CCC[C@H](CO)C1)N1CCC(NS(=O)(=O)c2ccc3cc(Cl)ccc3c2)C1=O. The summed E-state index contributed by atoms with van der Waals surface area (Å²) in [5, 5.41) is 11.5. The topological polar surface area (TPSA) is 107 Å². The molecule has 0 spiro atoms. The normalized spacial score (nSPS) is 22.7. The number of aliphatic hydroxyl groups excluding tert-OH is 1. The second-order valence-electron chi connectivity index (χ2n) is 8.80. The van der Waals surface area contributed by atoms with Crippen LogP contribution in [0.4, 0.5) is 0 Å². The van der Waals surface area contributed by atoms with Crippen LogP contribution in [0.2, 0.25) is 5.02 Å². The van der Waals surface area contributed by atoms with Crippen LogP contribution in [0.5, 0.6) is 0 Å². The second-order valence-corrected chi connectivity index (χ2v) is 10.9. The number of nitrogens with zero attached hydrogens (tertiary/aromatic N) is 2. The third-order valence-electron chi connectivity index (χ3n) is 6.54. The van der Waals surface area contributed by atoms with Gasteiger partial charge in [0.2, 0.25) is 21.8 Å². The number of likely N-dealkylation sites (tertiary alicyclic amines) is 2. The number of sulfonamides is 1. The fourth-order valence-corrected chi connectivity index (χ4v) is 6.06. The Morgan fingerprint density at radius 2 is 1.91 bits per heavy atom. The molecule has 2 aromatic rings. The van der Waals surface area contributed by atoms with Gasteiger partial charge in [-0.05, 0) is 67.1 Å². The van der Waals surface area contributed by atoms with E-state index in [1.165, 1.54) is 11.0 Å². The van der Waals surface area contributed by atoms with Gasteiger partial charge in [-0.3, -0.25) is 9.59 Å². The van der Waals surface area contributed by atoms with Crippen LogP contribution in [0.25, 0.3) is 10.8 Å². The van der Waals surface area contributed by atoms with Crippen LogP contribution in [0.1, 0.15) is 26.2 Å². The summed E-state index contributed by atoms with van der Waals surface area (Å²) in [7, 11) is -3.93. The number of nitrogens with one attached hydrogen (secondary N) is 1. The molecule has 33 heavy (non-hydrogen) atoms. The largest absolute Gasteiger partial charge is 0.396 e. The zero-order valence-electron chi connectivity index (χ0n) is 18.4. The van der Waals surface area contributed by atoms with Gasteiger partial charge in [-0.1, -0.05) is 23.7 Å². The molecule has 3 atom stereocenters. The summed E-state index contributed by atoms with van der Waals surface area (Å²) in [6.45, 7) is 3.09. The number of amides is 2. The van der Waals surface area contributed by atoms with Gasteiger partial charge in [-0.15, -0.1) is 0 Å². The summed E-state index contributed by atoms with van der Waals surface area (Å²) in [5.41, 5.74) is 0. The van der Waals surface area contributed by atoms with Crippen molar-refractivity contribution in [2.75, 3.05) is 26.2 Å². The molecule has 0 radical (unpaired) electrons. The van der Waals surface area contributed by atoms with Gasteiger partial charge in [-0.25, -0.2) is 8.42 Å². The van der Waals surface area contributed by atoms with E-state index in [2.05, 4.69) is 4.72 Å². The lowest BCUT2D eigenvalue weighted by atomic mass is 9.98. The maximum absolute atomic E-state index is 13.0. The van der Waals surface area contributed by atoms with E-state index in [9.17, 15) is 23.1 Å². The number of fused-ring (bicyclic) bond motifs is 1. The zero-order chi connectivity index (χ0) is 23.8. The molecule has 10 heteroatoms. The van der Waals surface area contributed by atoms with Crippen molar-refractivity contribution in [3.05, 3.63) is 41.4 Å². The Morgan fingerprint density at radius 1 is 1.18 bits per heavy atom. The van der Waals surface area contributed by atoms with Crippen molar-refractivity contribution in [1.82, 2.24) is 14.5 Å². The molecule has 178 valence electrons. The number of carbonyl (C=O) groups excluding carboxylic acids is 2. The summed E-state index contributed by atoms with van der Waals surface area (Å²) < 4.78 is 28.4. The van der Waals surface area contributed by atoms with Gasteiger partial charge in [0.15, 0.2) is 0 Å². The number of carbonyl (C=O) groups is 2. The van der Waals surface area contributed by atoms with Crippen molar-refractivity contribution in [2.45, 2.75) is 43.2 Å². The molecule has 2 N–H and O–H groups in total. The lowest BCUT2D eigenvalue weighted by Gasteiger charge is -2.35. The van der Waals surface area contributed by atoms with Crippen molar-refractivity contribution in [3.63, 3.8) is 0 Å². The van der Waals surface area contributed by atoms with Gasteiger partial charge < -0.3 is 14.9 Å². The number of rotatable bonds is 6. The van der Waals surface area contributed by atoms with Crippen molar-refractivity contribution in [3.8, 4) is 0 Å². The van der Waals surface area contributed by atoms with Crippen LogP contribution < -0.4 is 4.72 Å². The first-order valence-electron chi connectivity index (χ1n) is 11.1. The highest BCUT2D eigenvalue weighted by Crippen LogP contribution is 2.25. The Balaban J connectivity index is 1.44. The minimum Gasteiger partial charge on any atom is -0.396 e. The minimum absolute atomic E-state index is 0.0342. The van der Waals surface area contributed by atoms with E-state index in [1.807, 2.05) is 0 Å². The third-order valence-corrected chi connectivity index (χ3v) is 8.24. The van der Waals surface area contributed by atoms with Crippen molar-refractivity contribution in [2.24, 2.45) is 5.92 Å². The highest BCUT2D eigenvalue weighted by Gasteiger charge is 2.40. The summed E-state index contributed by atoms with van der Waals surface area (Å²) in [4.78, 5) is 29.1. The quantitative estimate of drug-likeness (QED) is 0.640. The number of hydrogen-bond acceptors (Lipinski definition) is 5. The van der Waals surface area contributed by atoms with Gasteiger partial charge >= 0.3 is 0 Å². The number of halogens is 1. The Bertz CT molecular complexity index is 1170. The number of piperidine rings is 1. The Labute approximate surface area is 198 Å². The van der Waals surface area contributed by atoms with Gasteiger partial charge in [0.1, 0.15) is 12.1 Å². The van der Waals surface area contributed by atoms with E-state index in [4.69, 9.17) is 11.6 Å². The molecule has 2 amide bonds. The predicted molar refractivity (Wildman–Crippen MR) is 125 cm³/mol. The second kappa shape index (κ2) is 9.58. The summed E-state index contributed by atoms with van der Waals surface area (Å²) in [6, 6.07) is 8.29. The highest BCUT2D eigenvalue weighted by molar-refractivity contribution is 7.89. The predicted octanol–water partition coefficient (Wildman–Crippen LogP) is 1.99. The zero-order valence-corrected chi connectivity index (χ0v) is 20.0. The molecule has 0 aliphatic carbocycles. The van der Waals surface area contributed by atoms with Gasteiger partial charge in [0.05, 0.1) is 4.90 Å². The Morgan fingerprint density at radius 3 is 2.67 bits per heavy atom. The summed E-state index contributed by atoms with van der Waals surface area (Å²) in [5.74, 6) is -0.511. The molecule has 0 saturated carbocycles. The van der Waals surface area contributed by atoms with Crippen LogP contribution in [-0.4, -0.2) is 73.5 Å². The standard InChI is InChI=1S/C23H28ClN3O5S/c1-15(22(29)26-9-2-3-16(13-26)14-28)27-10-8-21(23(27)30)25-33(31,32)20-7-5-17-11-19(24)6-4-18(17)12-20/h4-7,11-12,15-16,21,25,28H,2-3,8-10,13-14H2,1H3/t15-,16-,21?/m0/s1. The molecule has 2 aromatic carbocycles. The maximum Gasteiger partial charge on any atom is 0.245 e. The molecular formula is C23H28ClN3O5S. The van der Waals surface area contributed by atoms with E-state index >= 15 is 0 Å². The molecule has 4 rings (SSSR count). The lowest BCUT2D eigenvalue weighted by Crippen LogP contribution is -2.52. The molecule has 8 nitrogen and oxygen atoms in total. The van der Waals surface area contributed by atoms with E-state index in [-0.39, 0.29) is 29.7 Å². The fourth-order valence-electron chi connectivity index (χ4n) is 4.62. The third kappa shape index (κ3) is 5.01. The first-order valence-corrected chi connectivity index (χ1v) is 13.0. The molecule has 2 aliphatic rings. The number of benzene rings is 2. The van der Waals surface area contributed by atoms with E-state index in [1.54, 1.807) is 42.2 Å². The van der Waals surface area contributed by atoms with E-state index < -0.39 is 28.0 Å². The number of aliphatic hydroxyl groups is 1. The van der Waals surface area contributed by atoms with E-state index in [0.29, 0.717) is 24.7 Å². The van der Waals surface area contributed by atoms with Gasteiger partial charge in [0, 0.05) is 31.3 Å². The first kappa shape index (κ1) is 23.9. The molecule has 2 heterocycles. The first-order chi connectivity index (χ1) is 15.7. The minimum atomic E-state index is -3.93. The highest BCUT2D eigenvalue weighted by atomic mass is 35.5. The van der Waals surface area contributed by atoms with Crippen LogP contribution in [0, 0.1) is 5.92 Å². The molecule has 2 fully saturated rings. The smallest absolute Gasteiger partial charge is 0.245 e. The Kier molecular flexibility index (Phi) is 6.95. The summed E-state index contributed by atoms with van der Waals surface area (Å²) in [6.07, 6.45) is 1.99. The Hall–Kier alpha value is -2.20. The molecule has 2 aliphatic heterocycles. The van der Waals surface area contributed by atoms with Crippen molar-refractivity contribution in [1.29, 1.82) is 0 Å². The van der Waals surface area contributed by atoms with Crippen LogP contribution in [-0.2, 0) is 19.6 Å². The van der Waals surface area contributed by atoms with Crippen molar-refractivity contribution < 1.29 is 23.1 Å². The monoisotopic (exact) mass is 493 g/mol. The lowest BCUT2D eigenvalue weighted by molar-refractivity contribution is -0.144. The van der Waals surface area contributed by atoms with Crippen LogP contribution in [0.15, 0.2) is 41.3 Å². The summed E-state index contributed by atoms with van der Waals surface area (Å²) >= 11 is 5.99. The molecular weight excluding hydrogens is 466 g/mol. The van der Waals surface area contributed by atoms with Crippen LogP contribution >= 0.6 is 11.6 Å². The average molecular weight is 494 g/mol. The van der Waals surface area contributed by atoms with E-state index in [0.717, 1.165) is 23.6 Å². The molecule has 1 unspecified atom stereocenters. The van der Waals surface area contributed by atoms with Gasteiger partial charge in [-0.2, -0.15) is 4.72 Å². The molecule has 0 aromatic heterocycles. The van der Waals surface area contributed by atoms with Crippen molar-refractivity contribution >= 4 is 44.2 Å². The molecule has 0 bridgehead atoms.